The van der Waals surface area contributed by atoms with Crippen molar-refractivity contribution in [3.63, 3.8) is 0 Å². The van der Waals surface area contributed by atoms with Gasteiger partial charge < -0.3 is 4.57 Å². The van der Waals surface area contributed by atoms with Crippen LogP contribution in [0.15, 0.2) is 68.7 Å². The predicted molar refractivity (Wildman–Crippen MR) is 87.3 cm³/mol. The van der Waals surface area contributed by atoms with E-state index in [-0.39, 0.29) is 5.56 Å². The third-order valence-electron chi connectivity index (χ3n) is 3.14. The molecule has 0 saturated heterocycles. The second-order valence-electron chi connectivity index (χ2n) is 4.48. The molecular weight excluding hydrogens is 334 g/mol. The third kappa shape index (κ3) is 2.76. The van der Waals surface area contributed by atoms with Crippen molar-refractivity contribution in [2.45, 2.75) is 6.54 Å². The van der Waals surface area contributed by atoms with Crippen LogP contribution in [0.4, 0.5) is 0 Å². The summed E-state index contributed by atoms with van der Waals surface area (Å²) in [4.78, 5) is 11.9. The number of hydrogen-bond donors (Lipinski definition) is 0. The average molecular weight is 346 g/mol. The normalized spacial score (nSPS) is 10.7. The minimum absolute atomic E-state index is 0.00771. The van der Waals surface area contributed by atoms with Crippen LogP contribution in [0, 0.1) is 0 Å². The summed E-state index contributed by atoms with van der Waals surface area (Å²) in [5, 5.41) is 4.19. The molecule has 0 bridgehead atoms. The van der Waals surface area contributed by atoms with Gasteiger partial charge in [0, 0.05) is 16.7 Å². The molecule has 4 heteroatoms. The molecule has 0 radical (unpaired) electrons. The number of rotatable bonds is 3. The Labute approximate surface area is 129 Å². The van der Waals surface area contributed by atoms with Gasteiger partial charge in [-0.3, -0.25) is 4.79 Å². The van der Waals surface area contributed by atoms with Gasteiger partial charge in [0.15, 0.2) is 0 Å². The Bertz CT molecular complexity index is 777. The summed E-state index contributed by atoms with van der Waals surface area (Å²) in [5.74, 6) is 0. The van der Waals surface area contributed by atoms with E-state index in [0.29, 0.717) is 6.54 Å². The first-order valence-electron chi connectivity index (χ1n) is 6.20. The maximum atomic E-state index is 11.9. The highest BCUT2D eigenvalue weighted by atomic mass is 79.9. The summed E-state index contributed by atoms with van der Waals surface area (Å²) in [6.07, 6.45) is 1.83. The molecule has 2 nitrogen and oxygen atoms in total. The summed E-state index contributed by atoms with van der Waals surface area (Å²) in [7, 11) is 0. The lowest BCUT2D eigenvalue weighted by Gasteiger charge is -2.10. The summed E-state index contributed by atoms with van der Waals surface area (Å²) in [5.41, 5.74) is 3.54. The van der Waals surface area contributed by atoms with Crippen LogP contribution in [0.1, 0.15) is 5.56 Å². The Morgan fingerprint density at radius 2 is 1.95 bits per heavy atom. The number of nitrogens with zero attached hydrogens (tertiary/aromatic N) is 1. The van der Waals surface area contributed by atoms with Gasteiger partial charge in [-0.15, -0.1) is 0 Å². The maximum Gasteiger partial charge on any atom is 0.250 e. The van der Waals surface area contributed by atoms with Crippen molar-refractivity contribution < 1.29 is 0 Å². The van der Waals surface area contributed by atoms with Gasteiger partial charge in [0.05, 0.1) is 6.54 Å². The lowest BCUT2D eigenvalue weighted by molar-refractivity contribution is 0.757. The van der Waals surface area contributed by atoms with Crippen molar-refractivity contribution in [3.05, 3.63) is 79.8 Å². The van der Waals surface area contributed by atoms with Crippen LogP contribution >= 0.6 is 27.3 Å². The van der Waals surface area contributed by atoms with Crippen LogP contribution in [0.2, 0.25) is 0 Å². The molecule has 3 aromatic rings. The molecule has 0 atom stereocenters. The highest BCUT2D eigenvalue weighted by Gasteiger charge is 2.06. The number of pyridine rings is 1. The SMILES string of the molecule is O=c1ccc(Br)cn1Cc1ccccc1-c1ccsc1. The first-order valence-corrected chi connectivity index (χ1v) is 7.94. The van der Waals surface area contributed by atoms with Crippen molar-refractivity contribution in [2.75, 3.05) is 0 Å². The second kappa shape index (κ2) is 5.77. The minimum atomic E-state index is 0.00771. The Balaban J connectivity index is 2.03. The average Bonchev–Trinajstić information content (AvgIpc) is 2.97. The van der Waals surface area contributed by atoms with E-state index in [2.05, 4.69) is 44.9 Å². The molecule has 2 aromatic heterocycles. The highest BCUT2D eigenvalue weighted by Crippen LogP contribution is 2.26. The van der Waals surface area contributed by atoms with E-state index in [0.717, 1.165) is 10.0 Å². The quantitative estimate of drug-likeness (QED) is 0.690. The zero-order valence-corrected chi connectivity index (χ0v) is 13.0. The predicted octanol–water partition coefficient (Wildman–Crippen LogP) is 4.39. The molecule has 100 valence electrons. The van der Waals surface area contributed by atoms with E-state index in [1.807, 2.05) is 18.3 Å². The van der Waals surface area contributed by atoms with Crippen molar-refractivity contribution >= 4 is 27.3 Å². The van der Waals surface area contributed by atoms with E-state index < -0.39 is 0 Å². The number of hydrogen-bond acceptors (Lipinski definition) is 2. The lowest BCUT2D eigenvalue weighted by atomic mass is 10.0. The molecule has 2 heterocycles. The largest absolute Gasteiger partial charge is 0.310 e. The molecule has 0 fully saturated rings. The van der Waals surface area contributed by atoms with Crippen molar-refractivity contribution in [3.8, 4) is 11.1 Å². The van der Waals surface area contributed by atoms with E-state index in [1.54, 1.807) is 28.0 Å². The fourth-order valence-electron chi connectivity index (χ4n) is 2.17. The molecule has 0 amide bonds. The van der Waals surface area contributed by atoms with Crippen molar-refractivity contribution in [1.82, 2.24) is 4.57 Å². The summed E-state index contributed by atoms with van der Waals surface area (Å²) in [6, 6.07) is 13.7. The van der Waals surface area contributed by atoms with Crippen LogP contribution in [-0.4, -0.2) is 4.57 Å². The summed E-state index contributed by atoms with van der Waals surface area (Å²) < 4.78 is 2.63. The van der Waals surface area contributed by atoms with E-state index in [9.17, 15) is 4.79 Å². The highest BCUT2D eigenvalue weighted by molar-refractivity contribution is 9.10. The van der Waals surface area contributed by atoms with Crippen molar-refractivity contribution in [2.24, 2.45) is 0 Å². The third-order valence-corrected chi connectivity index (χ3v) is 4.29. The van der Waals surface area contributed by atoms with E-state index >= 15 is 0 Å². The zero-order chi connectivity index (χ0) is 13.9. The van der Waals surface area contributed by atoms with Gasteiger partial charge in [-0.25, -0.2) is 0 Å². The van der Waals surface area contributed by atoms with Gasteiger partial charge in [-0.05, 0) is 55.5 Å². The number of thiophene rings is 1. The number of aromatic nitrogens is 1. The lowest BCUT2D eigenvalue weighted by Crippen LogP contribution is -2.19. The van der Waals surface area contributed by atoms with Crippen LogP contribution in [-0.2, 0) is 6.54 Å². The smallest absolute Gasteiger partial charge is 0.250 e. The molecule has 0 saturated carbocycles. The van der Waals surface area contributed by atoms with Gasteiger partial charge in [-0.2, -0.15) is 11.3 Å². The molecule has 20 heavy (non-hydrogen) atoms. The van der Waals surface area contributed by atoms with Gasteiger partial charge in [0.1, 0.15) is 0 Å². The van der Waals surface area contributed by atoms with Crippen LogP contribution < -0.4 is 5.56 Å². The molecular formula is C16H12BrNOS. The van der Waals surface area contributed by atoms with Crippen LogP contribution in [0.25, 0.3) is 11.1 Å². The Morgan fingerprint density at radius 3 is 2.75 bits per heavy atom. The molecule has 0 aliphatic rings. The number of halogens is 1. The van der Waals surface area contributed by atoms with Crippen molar-refractivity contribution in [1.29, 1.82) is 0 Å². The summed E-state index contributed by atoms with van der Waals surface area (Å²) >= 11 is 5.09. The zero-order valence-electron chi connectivity index (χ0n) is 10.6. The Morgan fingerprint density at radius 1 is 1.10 bits per heavy atom. The topological polar surface area (TPSA) is 22.0 Å². The summed E-state index contributed by atoms with van der Waals surface area (Å²) in [6.45, 7) is 0.574. The number of benzene rings is 1. The van der Waals surface area contributed by atoms with Gasteiger partial charge in [-0.1, -0.05) is 24.3 Å². The minimum Gasteiger partial charge on any atom is -0.310 e. The molecule has 1 aromatic carbocycles. The van der Waals surface area contributed by atoms with E-state index in [1.165, 1.54) is 11.1 Å². The fourth-order valence-corrected chi connectivity index (χ4v) is 3.20. The standard InChI is InChI=1S/C16H12BrNOS/c17-14-5-6-16(19)18(10-14)9-12-3-1-2-4-15(12)13-7-8-20-11-13/h1-8,10-11H,9H2. The molecule has 3 rings (SSSR count). The van der Waals surface area contributed by atoms with Gasteiger partial charge >= 0.3 is 0 Å². The van der Waals surface area contributed by atoms with Crippen LogP contribution in [0.5, 0.6) is 0 Å². The molecule has 0 N–H and O–H groups in total. The maximum absolute atomic E-state index is 11.9. The molecule has 0 aliphatic heterocycles. The first-order chi connectivity index (χ1) is 9.74. The fraction of sp³-hybridized carbons (Fsp3) is 0.0625. The van der Waals surface area contributed by atoms with Crippen LogP contribution in [0.3, 0.4) is 0 Å². The first kappa shape index (κ1) is 13.3. The van der Waals surface area contributed by atoms with Gasteiger partial charge in [0.25, 0.3) is 5.56 Å². The molecule has 0 aliphatic carbocycles. The van der Waals surface area contributed by atoms with Gasteiger partial charge in [0.2, 0.25) is 0 Å². The van der Waals surface area contributed by atoms with E-state index in [4.69, 9.17) is 0 Å². The molecule has 0 unspecified atom stereocenters. The Hall–Kier alpha value is -1.65. The monoisotopic (exact) mass is 345 g/mol. The second-order valence-corrected chi connectivity index (χ2v) is 6.18. The molecule has 0 spiro atoms. The Kier molecular flexibility index (Phi) is 3.85.